The lowest BCUT2D eigenvalue weighted by Crippen LogP contribution is -2.54. The number of hydrazine groups is 1. The Morgan fingerprint density at radius 3 is 2.75 bits per heavy atom. The summed E-state index contributed by atoms with van der Waals surface area (Å²) in [6.45, 7) is 4.77. The van der Waals surface area contributed by atoms with Crippen molar-refractivity contribution in [2.45, 2.75) is 51.4 Å². The zero-order chi connectivity index (χ0) is 17.1. The Hall–Kier alpha value is -2.12. The molecule has 2 aliphatic rings. The Balaban J connectivity index is 1.59. The van der Waals surface area contributed by atoms with Crippen LogP contribution in [0.2, 0.25) is 0 Å². The molecule has 0 unspecified atom stereocenters. The minimum Gasteiger partial charge on any atom is -0.309 e. The highest BCUT2D eigenvalue weighted by Gasteiger charge is 2.47. The Bertz CT molecular complexity index is 593. The van der Waals surface area contributed by atoms with E-state index in [9.17, 15) is 9.59 Å². The van der Waals surface area contributed by atoms with Gasteiger partial charge in [0.05, 0.1) is 6.04 Å². The van der Waals surface area contributed by atoms with Crippen molar-refractivity contribution >= 4 is 11.9 Å². The first-order chi connectivity index (χ1) is 11.6. The minimum absolute atomic E-state index is 0.0170. The van der Waals surface area contributed by atoms with E-state index < -0.39 is 6.04 Å². The van der Waals surface area contributed by atoms with E-state index in [1.54, 1.807) is 4.90 Å². The van der Waals surface area contributed by atoms with Crippen molar-refractivity contribution in [2.24, 2.45) is 0 Å². The van der Waals surface area contributed by atoms with Gasteiger partial charge in [-0.05, 0) is 32.3 Å². The average molecular weight is 332 g/mol. The summed E-state index contributed by atoms with van der Waals surface area (Å²) in [7, 11) is 0. The highest BCUT2D eigenvalue weighted by molar-refractivity contribution is 5.88. The van der Waals surface area contributed by atoms with Crippen LogP contribution >= 0.6 is 0 Å². The fraction of sp³-hybridized carbons (Fsp3) is 0.529. The largest absolute Gasteiger partial charge is 0.345 e. The van der Waals surface area contributed by atoms with Crippen LogP contribution in [0.15, 0.2) is 30.3 Å². The predicted molar refractivity (Wildman–Crippen MR) is 88.4 cm³/mol. The molecule has 2 aliphatic heterocycles. The lowest BCUT2D eigenvalue weighted by molar-refractivity contribution is -0.140. The molecule has 2 atom stereocenters. The molecule has 2 fully saturated rings. The van der Waals surface area contributed by atoms with Crippen molar-refractivity contribution in [3.8, 4) is 0 Å². The van der Waals surface area contributed by atoms with E-state index >= 15 is 0 Å². The molecule has 2 N–H and O–H groups in total. The number of hydrogen-bond acceptors (Lipinski definition) is 4. The number of benzene rings is 1. The van der Waals surface area contributed by atoms with E-state index in [4.69, 9.17) is 4.84 Å². The summed E-state index contributed by atoms with van der Waals surface area (Å²) in [6.07, 6.45) is 1.41. The summed E-state index contributed by atoms with van der Waals surface area (Å²) < 4.78 is 0. The summed E-state index contributed by atoms with van der Waals surface area (Å²) in [5, 5.41) is 1.44. The fourth-order valence-corrected chi connectivity index (χ4v) is 3.09. The number of hydroxylamine groups is 2. The third-order valence-corrected chi connectivity index (χ3v) is 4.32. The molecule has 24 heavy (non-hydrogen) atoms. The molecule has 2 heterocycles. The number of nitrogens with zero attached hydrogens (tertiary/aromatic N) is 2. The second-order valence-electron chi connectivity index (χ2n) is 6.56. The molecule has 3 rings (SSSR count). The molecule has 130 valence electrons. The first kappa shape index (κ1) is 16.7. The Labute approximate surface area is 141 Å². The standard InChI is InChI=1S/C17H24N4O3/c1-12(2)18-19-16(22)15-9-8-14-10-20(15)17(23)21(14)24-11-13-6-4-3-5-7-13/h3-7,12,14-15,18H,8-11H2,1-2H3,(H,19,22)/t14-,15+/m1/s1. The molecule has 3 amide bonds. The van der Waals surface area contributed by atoms with Crippen LogP contribution in [0.1, 0.15) is 32.3 Å². The van der Waals surface area contributed by atoms with Gasteiger partial charge in [0.1, 0.15) is 12.6 Å². The summed E-state index contributed by atoms with van der Waals surface area (Å²) in [5.41, 5.74) is 6.59. The highest BCUT2D eigenvalue weighted by atomic mass is 16.7. The van der Waals surface area contributed by atoms with Gasteiger partial charge in [-0.1, -0.05) is 30.3 Å². The van der Waals surface area contributed by atoms with Crippen LogP contribution in [0.25, 0.3) is 0 Å². The maximum absolute atomic E-state index is 12.6. The van der Waals surface area contributed by atoms with E-state index in [2.05, 4.69) is 10.9 Å². The van der Waals surface area contributed by atoms with Gasteiger partial charge in [0, 0.05) is 12.6 Å². The van der Waals surface area contributed by atoms with Gasteiger partial charge >= 0.3 is 6.03 Å². The molecular formula is C17H24N4O3. The van der Waals surface area contributed by atoms with Gasteiger partial charge in [-0.25, -0.2) is 10.2 Å². The molecule has 0 aliphatic carbocycles. The number of carbonyl (C=O) groups is 2. The Morgan fingerprint density at radius 1 is 1.29 bits per heavy atom. The average Bonchev–Trinajstić information content (AvgIpc) is 2.83. The first-order valence-electron chi connectivity index (χ1n) is 8.38. The molecule has 1 aromatic carbocycles. The summed E-state index contributed by atoms with van der Waals surface area (Å²) in [5.74, 6) is -0.166. The van der Waals surface area contributed by atoms with E-state index in [-0.39, 0.29) is 24.0 Å². The van der Waals surface area contributed by atoms with Gasteiger partial charge in [0.25, 0.3) is 5.91 Å². The zero-order valence-electron chi connectivity index (χ0n) is 14.1. The highest BCUT2D eigenvalue weighted by Crippen LogP contribution is 2.30. The van der Waals surface area contributed by atoms with Crippen LogP contribution in [0.4, 0.5) is 4.79 Å². The molecule has 0 saturated carbocycles. The van der Waals surface area contributed by atoms with Gasteiger partial charge in [0.15, 0.2) is 0 Å². The van der Waals surface area contributed by atoms with Crippen molar-refractivity contribution in [1.29, 1.82) is 0 Å². The normalized spacial score (nSPS) is 23.0. The Kier molecular flexibility index (Phi) is 5.01. The molecule has 2 saturated heterocycles. The number of piperidine rings is 1. The van der Waals surface area contributed by atoms with Crippen LogP contribution in [-0.4, -0.2) is 46.6 Å². The molecule has 0 radical (unpaired) electrons. The van der Waals surface area contributed by atoms with Gasteiger partial charge in [-0.15, -0.1) is 0 Å². The lowest BCUT2D eigenvalue weighted by Gasteiger charge is -2.29. The number of hydrogen-bond donors (Lipinski definition) is 2. The molecule has 0 aromatic heterocycles. The second kappa shape index (κ2) is 7.19. The SMILES string of the molecule is CC(C)NNC(=O)[C@@H]1CC[C@@H]2CN1C(=O)N2OCc1ccccc1. The van der Waals surface area contributed by atoms with Gasteiger partial charge in [0.2, 0.25) is 0 Å². The molecule has 7 nitrogen and oxygen atoms in total. The van der Waals surface area contributed by atoms with Gasteiger partial charge < -0.3 is 4.90 Å². The third kappa shape index (κ3) is 3.52. The fourth-order valence-electron chi connectivity index (χ4n) is 3.09. The van der Waals surface area contributed by atoms with Crippen molar-refractivity contribution in [3.05, 3.63) is 35.9 Å². The smallest absolute Gasteiger partial charge is 0.309 e. The van der Waals surface area contributed by atoms with E-state index in [1.165, 1.54) is 5.06 Å². The van der Waals surface area contributed by atoms with Crippen LogP contribution in [0.3, 0.4) is 0 Å². The molecule has 1 aromatic rings. The van der Waals surface area contributed by atoms with Crippen LogP contribution in [-0.2, 0) is 16.2 Å². The number of urea groups is 1. The second-order valence-corrected chi connectivity index (χ2v) is 6.56. The maximum Gasteiger partial charge on any atom is 0.345 e. The predicted octanol–water partition coefficient (Wildman–Crippen LogP) is 1.42. The lowest BCUT2D eigenvalue weighted by atomic mass is 10.0. The van der Waals surface area contributed by atoms with Crippen molar-refractivity contribution in [2.75, 3.05) is 6.54 Å². The van der Waals surface area contributed by atoms with E-state index in [1.807, 2.05) is 44.2 Å². The molecular weight excluding hydrogens is 308 g/mol. The Morgan fingerprint density at radius 2 is 2.04 bits per heavy atom. The minimum atomic E-state index is -0.440. The van der Waals surface area contributed by atoms with Crippen molar-refractivity contribution in [1.82, 2.24) is 20.8 Å². The van der Waals surface area contributed by atoms with Crippen LogP contribution < -0.4 is 10.9 Å². The monoisotopic (exact) mass is 332 g/mol. The van der Waals surface area contributed by atoms with E-state index in [0.29, 0.717) is 19.6 Å². The summed E-state index contributed by atoms with van der Waals surface area (Å²) in [6, 6.07) is 9.24. The van der Waals surface area contributed by atoms with Gasteiger partial charge in [-0.3, -0.25) is 15.1 Å². The quantitative estimate of drug-likeness (QED) is 0.773. The summed E-state index contributed by atoms with van der Waals surface area (Å²) in [4.78, 5) is 32.2. The number of amides is 3. The number of fused-ring (bicyclic) bond motifs is 2. The topological polar surface area (TPSA) is 73.9 Å². The van der Waals surface area contributed by atoms with Crippen LogP contribution in [0.5, 0.6) is 0 Å². The number of rotatable bonds is 6. The zero-order valence-corrected chi connectivity index (χ0v) is 14.1. The first-order valence-corrected chi connectivity index (χ1v) is 8.38. The molecule has 0 spiro atoms. The summed E-state index contributed by atoms with van der Waals surface area (Å²) >= 11 is 0. The number of nitrogens with one attached hydrogen (secondary N) is 2. The van der Waals surface area contributed by atoms with Crippen molar-refractivity contribution < 1.29 is 14.4 Å². The molecule has 7 heteroatoms. The molecule has 2 bridgehead atoms. The maximum atomic E-state index is 12.6. The third-order valence-electron chi connectivity index (χ3n) is 4.32. The van der Waals surface area contributed by atoms with Crippen molar-refractivity contribution in [3.63, 3.8) is 0 Å². The number of carbonyl (C=O) groups excluding carboxylic acids is 2. The van der Waals surface area contributed by atoms with E-state index in [0.717, 1.165) is 12.0 Å². The van der Waals surface area contributed by atoms with Crippen LogP contribution in [0, 0.1) is 0 Å². The van der Waals surface area contributed by atoms with Gasteiger partial charge in [-0.2, -0.15) is 5.06 Å².